The van der Waals surface area contributed by atoms with E-state index in [9.17, 15) is 4.79 Å². The van der Waals surface area contributed by atoms with E-state index in [-0.39, 0.29) is 11.9 Å². The highest BCUT2D eigenvalue weighted by Gasteiger charge is 2.19. The molecule has 35 heavy (non-hydrogen) atoms. The van der Waals surface area contributed by atoms with Crippen LogP contribution in [-0.4, -0.2) is 25.7 Å². The van der Waals surface area contributed by atoms with Crippen LogP contribution in [0.4, 0.5) is 5.69 Å². The number of nitrogens with one attached hydrogen (secondary N) is 1. The minimum absolute atomic E-state index is 0.107. The second-order valence-electron chi connectivity index (χ2n) is 8.47. The summed E-state index contributed by atoms with van der Waals surface area (Å²) in [7, 11) is 0. The molecule has 0 unspecified atom stereocenters. The maximum absolute atomic E-state index is 13.5. The lowest BCUT2D eigenvalue weighted by Gasteiger charge is -2.12. The van der Waals surface area contributed by atoms with Gasteiger partial charge in [-0.15, -0.1) is 0 Å². The van der Waals surface area contributed by atoms with E-state index < -0.39 is 0 Å². The van der Waals surface area contributed by atoms with Gasteiger partial charge >= 0.3 is 0 Å². The van der Waals surface area contributed by atoms with E-state index >= 15 is 0 Å². The maximum Gasteiger partial charge on any atom is 0.256 e. The van der Waals surface area contributed by atoms with Crippen LogP contribution in [0.5, 0.6) is 5.75 Å². The number of pyridine rings is 2. The summed E-state index contributed by atoms with van der Waals surface area (Å²) in [6.07, 6.45) is 5.20. The molecule has 2 aromatic carbocycles. The molecule has 0 atom stereocenters. The van der Waals surface area contributed by atoms with Crippen molar-refractivity contribution in [3.05, 3.63) is 103 Å². The first-order valence-corrected chi connectivity index (χ1v) is 11.5. The second-order valence-corrected chi connectivity index (χ2v) is 8.47. The van der Waals surface area contributed by atoms with Crippen molar-refractivity contribution >= 4 is 22.6 Å². The molecule has 3 aromatic heterocycles. The topological polar surface area (TPSA) is 81.9 Å². The highest BCUT2D eigenvalue weighted by atomic mass is 16.5. The fourth-order valence-electron chi connectivity index (χ4n) is 3.85. The van der Waals surface area contributed by atoms with E-state index in [0.717, 1.165) is 16.8 Å². The largest absolute Gasteiger partial charge is 0.489 e. The molecule has 0 fully saturated rings. The van der Waals surface area contributed by atoms with Crippen molar-refractivity contribution < 1.29 is 9.53 Å². The summed E-state index contributed by atoms with van der Waals surface area (Å²) < 4.78 is 7.72. The molecule has 0 saturated heterocycles. The summed E-state index contributed by atoms with van der Waals surface area (Å²) in [4.78, 5) is 22.4. The summed E-state index contributed by atoms with van der Waals surface area (Å²) in [6, 6.07) is 22.9. The fraction of sp³-hybridized carbons (Fsp3) is 0.143. The lowest BCUT2D eigenvalue weighted by molar-refractivity contribution is 0.102. The number of carbonyl (C=O) groups excluding carboxylic acids is 1. The average Bonchev–Trinajstić information content (AvgIpc) is 3.33. The molecule has 0 aliphatic heterocycles. The van der Waals surface area contributed by atoms with Crippen molar-refractivity contribution in [1.29, 1.82) is 0 Å². The summed E-state index contributed by atoms with van der Waals surface area (Å²) in [5.41, 5.74) is 4.46. The lowest BCUT2D eigenvalue weighted by Crippen LogP contribution is -2.13. The normalized spacial score (nSPS) is 11.1. The van der Waals surface area contributed by atoms with E-state index in [1.807, 2.05) is 91.3 Å². The predicted molar refractivity (Wildman–Crippen MR) is 136 cm³/mol. The molecule has 1 N–H and O–H groups in total. The number of carbonyl (C=O) groups is 1. The molecule has 0 bridgehead atoms. The van der Waals surface area contributed by atoms with Gasteiger partial charge < -0.3 is 10.1 Å². The second kappa shape index (κ2) is 9.77. The smallest absolute Gasteiger partial charge is 0.256 e. The summed E-state index contributed by atoms with van der Waals surface area (Å²) in [5, 5.41) is 8.21. The molecule has 1 amide bonds. The van der Waals surface area contributed by atoms with Gasteiger partial charge in [0.2, 0.25) is 0 Å². The van der Waals surface area contributed by atoms with Gasteiger partial charge in [0.1, 0.15) is 12.4 Å². The minimum atomic E-state index is -0.234. The first-order valence-electron chi connectivity index (χ1n) is 11.5. The summed E-state index contributed by atoms with van der Waals surface area (Å²) in [5.74, 6) is 0.423. The molecule has 5 aromatic rings. The third kappa shape index (κ3) is 4.89. The number of benzene rings is 2. The standard InChI is InChI=1S/C28H25N5O2/c1-19(2)33-27-25(17-30-33)24(15-26(32-27)21-9-4-3-5-10-21)28(34)31-22-11-6-12-23(14-22)35-18-20-8-7-13-29-16-20/h3-17,19H,18H2,1-2H3,(H,31,34). The molecular weight excluding hydrogens is 438 g/mol. The van der Waals surface area contributed by atoms with E-state index in [0.29, 0.717) is 34.6 Å². The van der Waals surface area contributed by atoms with Gasteiger partial charge in [-0.05, 0) is 38.1 Å². The van der Waals surface area contributed by atoms with Crippen LogP contribution in [0.2, 0.25) is 0 Å². The Balaban J connectivity index is 1.45. The molecule has 7 heteroatoms. The Bertz CT molecular complexity index is 1460. The molecular formula is C28H25N5O2. The number of ether oxygens (including phenoxy) is 1. The van der Waals surface area contributed by atoms with Crippen LogP contribution < -0.4 is 10.1 Å². The van der Waals surface area contributed by atoms with E-state index in [1.54, 1.807) is 18.6 Å². The molecule has 5 rings (SSSR count). The van der Waals surface area contributed by atoms with Crippen molar-refractivity contribution in [2.45, 2.75) is 26.5 Å². The van der Waals surface area contributed by atoms with Crippen LogP contribution in [0.1, 0.15) is 35.8 Å². The number of amides is 1. The zero-order valence-electron chi connectivity index (χ0n) is 19.6. The number of rotatable bonds is 7. The van der Waals surface area contributed by atoms with Crippen LogP contribution in [-0.2, 0) is 6.61 Å². The van der Waals surface area contributed by atoms with Crippen LogP contribution in [0.25, 0.3) is 22.3 Å². The summed E-state index contributed by atoms with van der Waals surface area (Å²) in [6.45, 7) is 4.48. The minimum Gasteiger partial charge on any atom is -0.489 e. The number of aromatic nitrogens is 4. The van der Waals surface area contributed by atoms with Gasteiger partial charge in [-0.2, -0.15) is 5.10 Å². The average molecular weight is 464 g/mol. The number of hydrogen-bond acceptors (Lipinski definition) is 5. The molecule has 0 spiro atoms. The number of nitrogens with zero attached hydrogens (tertiary/aromatic N) is 4. The number of fused-ring (bicyclic) bond motifs is 1. The molecule has 0 aliphatic rings. The molecule has 0 radical (unpaired) electrons. The molecule has 3 heterocycles. The van der Waals surface area contributed by atoms with E-state index in [2.05, 4.69) is 15.4 Å². The number of anilines is 1. The van der Waals surface area contributed by atoms with Crippen LogP contribution in [0.3, 0.4) is 0 Å². The van der Waals surface area contributed by atoms with Gasteiger partial charge in [-0.3, -0.25) is 9.78 Å². The van der Waals surface area contributed by atoms with Crippen molar-refractivity contribution in [2.24, 2.45) is 0 Å². The maximum atomic E-state index is 13.5. The van der Waals surface area contributed by atoms with Crippen molar-refractivity contribution in [3.63, 3.8) is 0 Å². The fourth-order valence-corrected chi connectivity index (χ4v) is 3.85. The zero-order chi connectivity index (χ0) is 24.2. The van der Waals surface area contributed by atoms with Gasteiger partial charge in [0, 0.05) is 41.3 Å². The Labute approximate surface area is 203 Å². The third-order valence-electron chi connectivity index (χ3n) is 5.59. The molecule has 0 aliphatic carbocycles. The highest BCUT2D eigenvalue weighted by Crippen LogP contribution is 2.27. The van der Waals surface area contributed by atoms with Gasteiger partial charge in [-0.25, -0.2) is 9.67 Å². The Morgan fingerprint density at radius 1 is 1.00 bits per heavy atom. The van der Waals surface area contributed by atoms with E-state index in [4.69, 9.17) is 9.72 Å². The van der Waals surface area contributed by atoms with Crippen molar-refractivity contribution in [2.75, 3.05) is 5.32 Å². The predicted octanol–water partition coefficient (Wildman–Crippen LogP) is 5.91. The lowest BCUT2D eigenvalue weighted by atomic mass is 10.1. The van der Waals surface area contributed by atoms with Gasteiger partial charge in [-0.1, -0.05) is 42.5 Å². The van der Waals surface area contributed by atoms with Gasteiger partial charge in [0.15, 0.2) is 5.65 Å². The molecule has 7 nitrogen and oxygen atoms in total. The Kier molecular flexibility index (Phi) is 6.22. The van der Waals surface area contributed by atoms with Gasteiger partial charge in [0.25, 0.3) is 5.91 Å². The highest BCUT2D eigenvalue weighted by molar-refractivity contribution is 6.12. The third-order valence-corrected chi connectivity index (χ3v) is 5.59. The quantitative estimate of drug-likeness (QED) is 0.325. The van der Waals surface area contributed by atoms with Crippen molar-refractivity contribution in [3.8, 4) is 17.0 Å². The Morgan fingerprint density at radius 2 is 1.86 bits per heavy atom. The van der Waals surface area contributed by atoms with Crippen LogP contribution >= 0.6 is 0 Å². The van der Waals surface area contributed by atoms with Crippen molar-refractivity contribution in [1.82, 2.24) is 19.7 Å². The first kappa shape index (κ1) is 22.3. The van der Waals surface area contributed by atoms with Crippen LogP contribution in [0.15, 0.2) is 91.4 Å². The SMILES string of the molecule is CC(C)n1ncc2c(C(=O)Nc3cccc(OCc4cccnc4)c3)cc(-c3ccccc3)nc21. The van der Waals surface area contributed by atoms with E-state index in [1.165, 1.54) is 0 Å². The number of hydrogen-bond donors (Lipinski definition) is 1. The molecule has 174 valence electrons. The summed E-state index contributed by atoms with van der Waals surface area (Å²) >= 11 is 0. The monoisotopic (exact) mass is 463 g/mol. The first-order chi connectivity index (χ1) is 17.1. The zero-order valence-corrected chi connectivity index (χ0v) is 19.6. The van der Waals surface area contributed by atoms with Gasteiger partial charge in [0.05, 0.1) is 22.8 Å². The molecule has 0 saturated carbocycles. The van der Waals surface area contributed by atoms with Crippen LogP contribution in [0, 0.1) is 0 Å². The Hall–Kier alpha value is -4.52. The Morgan fingerprint density at radius 3 is 2.63 bits per heavy atom.